The SMILES string of the molecule is CC(C)CN(c1ccnc(C(=O)O)c1)C(C)C. The molecule has 1 aromatic rings. The number of carboxylic acid groups (broad SMARTS) is 1. The number of pyridine rings is 1. The Kier molecular flexibility index (Phi) is 4.49. The van der Waals surface area contributed by atoms with Gasteiger partial charge in [0.15, 0.2) is 0 Å². The number of aromatic carboxylic acids is 1. The Labute approximate surface area is 102 Å². The van der Waals surface area contributed by atoms with Crippen LogP contribution >= 0.6 is 0 Å². The largest absolute Gasteiger partial charge is 0.477 e. The highest BCUT2D eigenvalue weighted by Crippen LogP contribution is 2.19. The number of rotatable bonds is 5. The van der Waals surface area contributed by atoms with Gasteiger partial charge >= 0.3 is 5.97 Å². The molecule has 1 rings (SSSR count). The highest BCUT2D eigenvalue weighted by Gasteiger charge is 2.14. The van der Waals surface area contributed by atoms with Gasteiger partial charge in [-0.2, -0.15) is 0 Å². The smallest absolute Gasteiger partial charge is 0.354 e. The van der Waals surface area contributed by atoms with Crippen molar-refractivity contribution in [3.05, 3.63) is 24.0 Å². The lowest BCUT2D eigenvalue weighted by Crippen LogP contribution is -2.34. The summed E-state index contributed by atoms with van der Waals surface area (Å²) in [5.41, 5.74) is 1.01. The van der Waals surface area contributed by atoms with Gasteiger partial charge in [0.2, 0.25) is 0 Å². The van der Waals surface area contributed by atoms with Crippen molar-refractivity contribution >= 4 is 11.7 Å². The summed E-state index contributed by atoms with van der Waals surface area (Å²) in [5, 5.41) is 8.93. The minimum absolute atomic E-state index is 0.0944. The van der Waals surface area contributed by atoms with Crippen molar-refractivity contribution in [2.45, 2.75) is 33.7 Å². The van der Waals surface area contributed by atoms with Crippen molar-refractivity contribution in [1.82, 2.24) is 4.98 Å². The first-order chi connectivity index (χ1) is 7.91. The van der Waals surface area contributed by atoms with Gasteiger partial charge in [-0.25, -0.2) is 9.78 Å². The number of carboxylic acids is 1. The number of hydrogen-bond acceptors (Lipinski definition) is 3. The predicted octanol–water partition coefficient (Wildman–Crippen LogP) is 2.65. The molecule has 0 bridgehead atoms. The summed E-state index contributed by atoms with van der Waals surface area (Å²) in [6.07, 6.45) is 1.55. The maximum Gasteiger partial charge on any atom is 0.354 e. The third-order valence-electron chi connectivity index (χ3n) is 2.48. The Morgan fingerprint density at radius 1 is 1.41 bits per heavy atom. The van der Waals surface area contributed by atoms with Gasteiger partial charge in [0.25, 0.3) is 0 Å². The van der Waals surface area contributed by atoms with E-state index in [0.29, 0.717) is 12.0 Å². The number of carbonyl (C=O) groups is 1. The van der Waals surface area contributed by atoms with Gasteiger partial charge in [-0.3, -0.25) is 0 Å². The van der Waals surface area contributed by atoms with E-state index in [9.17, 15) is 4.79 Å². The molecule has 4 heteroatoms. The van der Waals surface area contributed by atoms with Crippen molar-refractivity contribution in [3.8, 4) is 0 Å². The van der Waals surface area contributed by atoms with Crippen LogP contribution in [0, 0.1) is 5.92 Å². The fourth-order valence-electron chi connectivity index (χ4n) is 1.72. The Morgan fingerprint density at radius 3 is 2.53 bits per heavy atom. The Morgan fingerprint density at radius 2 is 2.06 bits per heavy atom. The van der Waals surface area contributed by atoms with E-state index in [-0.39, 0.29) is 5.69 Å². The number of nitrogens with zero attached hydrogens (tertiary/aromatic N) is 2. The molecule has 0 amide bonds. The second kappa shape index (κ2) is 5.66. The van der Waals surface area contributed by atoms with Crippen LogP contribution in [0.4, 0.5) is 5.69 Å². The van der Waals surface area contributed by atoms with Crippen LogP contribution in [0.2, 0.25) is 0 Å². The van der Waals surface area contributed by atoms with Gasteiger partial charge in [0.1, 0.15) is 5.69 Å². The average molecular weight is 236 g/mol. The lowest BCUT2D eigenvalue weighted by molar-refractivity contribution is 0.0690. The van der Waals surface area contributed by atoms with Crippen molar-refractivity contribution < 1.29 is 9.90 Å². The third-order valence-corrected chi connectivity index (χ3v) is 2.48. The molecule has 1 N–H and O–H groups in total. The number of anilines is 1. The van der Waals surface area contributed by atoms with E-state index in [1.165, 1.54) is 0 Å². The molecule has 94 valence electrons. The Hall–Kier alpha value is -1.58. The first kappa shape index (κ1) is 13.5. The maximum absolute atomic E-state index is 10.9. The molecule has 0 radical (unpaired) electrons. The number of hydrogen-bond donors (Lipinski definition) is 1. The summed E-state index contributed by atoms with van der Waals surface area (Å²) < 4.78 is 0. The van der Waals surface area contributed by atoms with E-state index in [1.54, 1.807) is 12.3 Å². The molecule has 0 fully saturated rings. The lowest BCUT2D eigenvalue weighted by Gasteiger charge is -2.30. The molecule has 17 heavy (non-hydrogen) atoms. The van der Waals surface area contributed by atoms with Crippen molar-refractivity contribution in [1.29, 1.82) is 0 Å². The van der Waals surface area contributed by atoms with Gasteiger partial charge in [0.05, 0.1) is 0 Å². The summed E-state index contributed by atoms with van der Waals surface area (Å²) in [4.78, 5) is 16.9. The molecule has 0 unspecified atom stereocenters. The molecule has 0 spiro atoms. The van der Waals surface area contributed by atoms with Crippen molar-refractivity contribution in [2.75, 3.05) is 11.4 Å². The maximum atomic E-state index is 10.9. The monoisotopic (exact) mass is 236 g/mol. The average Bonchev–Trinajstić information content (AvgIpc) is 2.25. The Balaban J connectivity index is 3.01. The molecule has 4 nitrogen and oxygen atoms in total. The molecule has 0 saturated carbocycles. The molecule has 0 aliphatic heterocycles. The molecule has 1 heterocycles. The van der Waals surface area contributed by atoms with Crippen LogP contribution in [0.3, 0.4) is 0 Å². The van der Waals surface area contributed by atoms with Gasteiger partial charge in [-0.15, -0.1) is 0 Å². The fraction of sp³-hybridized carbons (Fsp3) is 0.538. The van der Waals surface area contributed by atoms with Gasteiger partial charge in [-0.05, 0) is 31.9 Å². The minimum atomic E-state index is -0.986. The predicted molar refractivity (Wildman–Crippen MR) is 68.5 cm³/mol. The quantitative estimate of drug-likeness (QED) is 0.854. The molecule has 0 aliphatic carbocycles. The second-order valence-corrected chi connectivity index (χ2v) is 4.84. The standard InChI is InChI=1S/C13H20N2O2/c1-9(2)8-15(10(3)4)11-5-6-14-12(7-11)13(16)17/h5-7,9-10H,8H2,1-4H3,(H,16,17). The second-order valence-electron chi connectivity index (χ2n) is 4.84. The molecule has 1 aromatic heterocycles. The summed E-state index contributed by atoms with van der Waals surface area (Å²) in [5.74, 6) is -0.459. The normalized spacial score (nSPS) is 10.9. The van der Waals surface area contributed by atoms with E-state index in [2.05, 4.69) is 37.6 Å². The molecule has 0 saturated heterocycles. The molecular formula is C13H20N2O2. The summed E-state index contributed by atoms with van der Waals surface area (Å²) in [7, 11) is 0. The van der Waals surface area contributed by atoms with Crippen LogP contribution in [-0.4, -0.2) is 28.6 Å². The van der Waals surface area contributed by atoms with Crippen LogP contribution in [-0.2, 0) is 0 Å². The van der Waals surface area contributed by atoms with Crippen LogP contribution in [0.1, 0.15) is 38.2 Å². The van der Waals surface area contributed by atoms with Gasteiger partial charge in [-0.1, -0.05) is 13.8 Å². The van der Waals surface area contributed by atoms with Gasteiger partial charge in [0, 0.05) is 24.5 Å². The zero-order valence-corrected chi connectivity index (χ0v) is 10.8. The topological polar surface area (TPSA) is 53.4 Å². The van der Waals surface area contributed by atoms with E-state index >= 15 is 0 Å². The molecule has 0 aromatic carbocycles. The van der Waals surface area contributed by atoms with E-state index < -0.39 is 5.97 Å². The third kappa shape index (κ3) is 3.73. The highest BCUT2D eigenvalue weighted by atomic mass is 16.4. The zero-order chi connectivity index (χ0) is 13.0. The minimum Gasteiger partial charge on any atom is -0.477 e. The van der Waals surface area contributed by atoms with E-state index in [4.69, 9.17) is 5.11 Å². The first-order valence-electron chi connectivity index (χ1n) is 5.87. The highest BCUT2D eigenvalue weighted by molar-refractivity contribution is 5.86. The van der Waals surface area contributed by atoms with Crippen LogP contribution in [0.5, 0.6) is 0 Å². The van der Waals surface area contributed by atoms with Crippen LogP contribution in [0.25, 0.3) is 0 Å². The van der Waals surface area contributed by atoms with Crippen molar-refractivity contribution in [3.63, 3.8) is 0 Å². The summed E-state index contributed by atoms with van der Waals surface area (Å²) >= 11 is 0. The first-order valence-corrected chi connectivity index (χ1v) is 5.87. The fourth-order valence-corrected chi connectivity index (χ4v) is 1.72. The molecular weight excluding hydrogens is 216 g/mol. The Bertz CT molecular complexity index is 389. The van der Waals surface area contributed by atoms with Crippen LogP contribution < -0.4 is 4.90 Å². The summed E-state index contributed by atoms with van der Waals surface area (Å²) in [6, 6.07) is 3.82. The molecule has 0 aliphatic rings. The van der Waals surface area contributed by atoms with E-state index in [0.717, 1.165) is 12.2 Å². The number of aromatic nitrogens is 1. The molecule has 0 atom stereocenters. The van der Waals surface area contributed by atoms with E-state index in [1.807, 2.05) is 6.07 Å². The lowest BCUT2D eigenvalue weighted by atomic mass is 10.1. The van der Waals surface area contributed by atoms with Crippen molar-refractivity contribution in [2.24, 2.45) is 5.92 Å². The zero-order valence-electron chi connectivity index (χ0n) is 10.8. The van der Waals surface area contributed by atoms with Crippen LogP contribution in [0.15, 0.2) is 18.3 Å². The summed E-state index contributed by atoms with van der Waals surface area (Å²) in [6.45, 7) is 9.40. The van der Waals surface area contributed by atoms with Gasteiger partial charge < -0.3 is 10.0 Å².